The lowest BCUT2D eigenvalue weighted by Gasteiger charge is -2.23. The van der Waals surface area contributed by atoms with Gasteiger partial charge in [0.2, 0.25) is 10.0 Å². The molecule has 1 aliphatic heterocycles. The van der Waals surface area contributed by atoms with Crippen molar-refractivity contribution in [1.82, 2.24) is 0 Å². The first-order valence-electron chi connectivity index (χ1n) is 8.14. The summed E-state index contributed by atoms with van der Waals surface area (Å²) in [5.74, 6) is -0.258. The molecule has 2 aromatic rings. The van der Waals surface area contributed by atoms with E-state index >= 15 is 0 Å². The van der Waals surface area contributed by atoms with Crippen molar-refractivity contribution in [2.24, 2.45) is 0 Å². The molecule has 138 valence electrons. The Labute approximate surface area is 163 Å². The first kappa shape index (κ1) is 19.0. The van der Waals surface area contributed by atoms with Crippen LogP contribution in [0.2, 0.25) is 10.0 Å². The number of hydrogen-bond donors (Lipinski definition) is 1. The van der Waals surface area contributed by atoms with Crippen LogP contribution < -0.4 is 9.62 Å². The molecule has 8 heteroatoms. The smallest absolute Gasteiger partial charge is 0.255 e. The Hall–Kier alpha value is -1.76. The number of nitrogens with one attached hydrogen (secondary N) is 1. The van der Waals surface area contributed by atoms with Crippen LogP contribution in [-0.4, -0.2) is 26.1 Å². The van der Waals surface area contributed by atoms with E-state index in [1.165, 1.54) is 4.31 Å². The largest absolute Gasteiger partial charge is 0.322 e. The van der Waals surface area contributed by atoms with E-state index in [-0.39, 0.29) is 17.7 Å². The highest BCUT2D eigenvalue weighted by Crippen LogP contribution is 2.35. The standard InChI is InChI=1S/C18H18Cl2N2O3S/c1-3-26(24,25)22-11(2)8-13-9-12(4-7-17(13)22)18(23)21-14-5-6-15(19)16(20)10-14/h4-7,9-11H,3,8H2,1-2H3,(H,21,23)/t11-/m1/s1. The van der Waals surface area contributed by atoms with E-state index in [4.69, 9.17) is 23.2 Å². The maximum atomic E-state index is 12.5. The van der Waals surface area contributed by atoms with Gasteiger partial charge in [-0.2, -0.15) is 0 Å². The monoisotopic (exact) mass is 412 g/mol. The molecule has 5 nitrogen and oxygen atoms in total. The summed E-state index contributed by atoms with van der Waals surface area (Å²) in [4.78, 5) is 12.5. The highest BCUT2D eigenvalue weighted by atomic mass is 35.5. The van der Waals surface area contributed by atoms with E-state index in [9.17, 15) is 13.2 Å². The lowest BCUT2D eigenvalue weighted by Crippen LogP contribution is -2.36. The molecular formula is C18H18Cl2N2O3S. The number of hydrogen-bond acceptors (Lipinski definition) is 3. The average Bonchev–Trinajstić information content (AvgIpc) is 2.93. The molecule has 3 rings (SSSR count). The molecule has 2 aromatic carbocycles. The second-order valence-electron chi connectivity index (χ2n) is 6.18. The number of anilines is 2. The summed E-state index contributed by atoms with van der Waals surface area (Å²) >= 11 is 11.8. The molecule has 0 aromatic heterocycles. The maximum absolute atomic E-state index is 12.5. The number of carbonyl (C=O) groups excluding carboxylic acids is 1. The van der Waals surface area contributed by atoms with E-state index in [1.54, 1.807) is 43.3 Å². The van der Waals surface area contributed by atoms with Crippen LogP contribution in [-0.2, 0) is 16.4 Å². The van der Waals surface area contributed by atoms with Gasteiger partial charge in [-0.05, 0) is 62.2 Å². The Bertz CT molecular complexity index is 976. The molecule has 26 heavy (non-hydrogen) atoms. The highest BCUT2D eigenvalue weighted by molar-refractivity contribution is 7.92. The summed E-state index contributed by atoms with van der Waals surface area (Å²) < 4.78 is 26.1. The van der Waals surface area contributed by atoms with Gasteiger partial charge in [0.25, 0.3) is 5.91 Å². The van der Waals surface area contributed by atoms with E-state index < -0.39 is 10.0 Å². The molecule has 0 saturated carbocycles. The van der Waals surface area contributed by atoms with Crippen molar-refractivity contribution >= 4 is 50.5 Å². The summed E-state index contributed by atoms with van der Waals surface area (Å²) in [6, 6.07) is 9.74. The van der Waals surface area contributed by atoms with Crippen molar-refractivity contribution in [2.45, 2.75) is 26.3 Å². The molecule has 1 amide bonds. The third kappa shape index (κ3) is 3.54. The zero-order valence-electron chi connectivity index (χ0n) is 14.3. The van der Waals surface area contributed by atoms with Crippen LogP contribution in [0.5, 0.6) is 0 Å². The molecule has 1 heterocycles. The fourth-order valence-corrected chi connectivity index (χ4v) is 4.76. The van der Waals surface area contributed by atoms with Crippen LogP contribution in [0, 0.1) is 0 Å². The second-order valence-corrected chi connectivity index (χ2v) is 9.13. The Morgan fingerprint density at radius 3 is 2.58 bits per heavy atom. The van der Waals surface area contributed by atoms with E-state index in [1.807, 2.05) is 6.92 Å². The lowest BCUT2D eigenvalue weighted by atomic mass is 10.1. The maximum Gasteiger partial charge on any atom is 0.255 e. The van der Waals surface area contributed by atoms with Crippen LogP contribution in [0.3, 0.4) is 0 Å². The molecule has 0 unspecified atom stereocenters. The minimum Gasteiger partial charge on any atom is -0.322 e. The number of amides is 1. The molecule has 1 atom stereocenters. The Balaban J connectivity index is 1.86. The first-order valence-corrected chi connectivity index (χ1v) is 10.5. The van der Waals surface area contributed by atoms with Crippen LogP contribution in [0.25, 0.3) is 0 Å². The van der Waals surface area contributed by atoms with Gasteiger partial charge in [-0.3, -0.25) is 9.10 Å². The van der Waals surface area contributed by atoms with Crippen LogP contribution in [0.15, 0.2) is 36.4 Å². The first-order chi connectivity index (χ1) is 12.2. The SMILES string of the molecule is CCS(=O)(=O)N1c2ccc(C(=O)Nc3ccc(Cl)c(Cl)c3)cc2C[C@H]1C. The van der Waals surface area contributed by atoms with Crippen LogP contribution in [0.1, 0.15) is 29.8 Å². The lowest BCUT2D eigenvalue weighted by molar-refractivity contribution is 0.102. The third-order valence-corrected chi connectivity index (χ3v) is 6.96. The summed E-state index contributed by atoms with van der Waals surface area (Å²) in [5, 5.41) is 3.53. The topological polar surface area (TPSA) is 66.5 Å². The number of benzene rings is 2. The van der Waals surface area contributed by atoms with Crippen LogP contribution >= 0.6 is 23.2 Å². The van der Waals surface area contributed by atoms with Gasteiger partial charge in [0.05, 0.1) is 21.5 Å². The second kappa shape index (κ2) is 7.10. The molecule has 0 aliphatic carbocycles. The minimum absolute atomic E-state index is 0.0380. The predicted octanol–water partition coefficient (Wildman–Crippen LogP) is 4.35. The summed E-state index contributed by atoms with van der Waals surface area (Å²) in [7, 11) is -3.35. The molecule has 0 fully saturated rings. The van der Waals surface area contributed by atoms with Gasteiger partial charge in [-0.1, -0.05) is 23.2 Å². The fourth-order valence-electron chi connectivity index (χ4n) is 3.08. The zero-order chi connectivity index (χ0) is 19.1. The van der Waals surface area contributed by atoms with Crippen molar-refractivity contribution < 1.29 is 13.2 Å². The quantitative estimate of drug-likeness (QED) is 0.811. The molecular weight excluding hydrogens is 395 g/mol. The number of fused-ring (bicyclic) bond motifs is 1. The van der Waals surface area contributed by atoms with Gasteiger partial charge < -0.3 is 5.32 Å². The highest BCUT2D eigenvalue weighted by Gasteiger charge is 2.34. The number of halogens is 2. The number of nitrogens with zero attached hydrogens (tertiary/aromatic N) is 1. The van der Waals surface area contributed by atoms with Gasteiger partial charge in [0, 0.05) is 17.3 Å². The molecule has 0 saturated heterocycles. The minimum atomic E-state index is -3.35. The molecule has 0 radical (unpaired) electrons. The Kier molecular flexibility index (Phi) is 5.19. The van der Waals surface area contributed by atoms with E-state index in [0.717, 1.165) is 5.56 Å². The number of rotatable bonds is 4. The average molecular weight is 413 g/mol. The molecule has 1 aliphatic rings. The molecule has 0 spiro atoms. The van der Waals surface area contributed by atoms with E-state index in [0.29, 0.717) is 33.4 Å². The van der Waals surface area contributed by atoms with Crippen LogP contribution in [0.4, 0.5) is 11.4 Å². The molecule has 1 N–H and O–H groups in total. The van der Waals surface area contributed by atoms with Gasteiger partial charge >= 0.3 is 0 Å². The van der Waals surface area contributed by atoms with Gasteiger partial charge in [0.1, 0.15) is 0 Å². The Morgan fingerprint density at radius 2 is 1.92 bits per heavy atom. The summed E-state index contributed by atoms with van der Waals surface area (Å²) in [5.41, 5.74) is 2.48. The van der Waals surface area contributed by atoms with Crippen molar-refractivity contribution in [3.63, 3.8) is 0 Å². The van der Waals surface area contributed by atoms with Gasteiger partial charge in [-0.15, -0.1) is 0 Å². The van der Waals surface area contributed by atoms with Crippen molar-refractivity contribution in [1.29, 1.82) is 0 Å². The zero-order valence-corrected chi connectivity index (χ0v) is 16.6. The fraction of sp³-hybridized carbons (Fsp3) is 0.278. The van der Waals surface area contributed by atoms with Gasteiger partial charge in [0.15, 0.2) is 0 Å². The molecule has 0 bridgehead atoms. The third-order valence-electron chi connectivity index (χ3n) is 4.34. The summed E-state index contributed by atoms with van der Waals surface area (Å²) in [6.45, 7) is 3.49. The van der Waals surface area contributed by atoms with Crippen molar-refractivity contribution in [2.75, 3.05) is 15.4 Å². The summed E-state index contributed by atoms with van der Waals surface area (Å²) in [6.07, 6.45) is 0.572. The number of sulfonamides is 1. The van der Waals surface area contributed by atoms with Gasteiger partial charge in [-0.25, -0.2) is 8.42 Å². The number of carbonyl (C=O) groups is 1. The normalized spacial score (nSPS) is 16.5. The predicted molar refractivity (Wildman–Crippen MR) is 106 cm³/mol. The van der Waals surface area contributed by atoms with E-state index in [2.05, 4.69) is 5.32 Å². The van der Waals surface area contributed by atoms with Crippen molar-refractivity contribution in [3.8, 4) is 0 Å². The van der Waals surface area contributed by atoms with Crippen molar-refractivity contribution in [3.05, 3.63) is 57.6 Å². The Morgan fingerprint density at radius 1 is 1.19 bits per heavy atom.